The first-order chi connectivity index (χ1) is 12.6. The molecule has 134 valence electrons. The average molecular weight is 347 g/mol. The lowest BCUT2D eigenvalue weighted by Gasteiger charge is -2.24. The van der Waals surface area contributed by atoms with Crippen molar-refractivity contribution in [1.82, 2.24) is 4.98 Å². The fraction of sp³-hybridized carbons (Fsp3) is 0.318. The molecule has 0 radical (unpaired) electrons. The SMILES string of the molecule is CC1CCC(N=C(c2ccccc2)c2c(O)[nH]c3ccc(N)cc23)CC1. The van der Waals surface area contributed by atoms with Crippen LogP contribution in [0.25, 0.3) is 10.9 Å². The number of benzene rings is 2. The molecule has 4 rings (SSSR count). The maximum absolute atomic E-state index is 10.7. The van der Waals surface area contributed by atoms with Gasteiger partial charge in [0.15, 0.2) is 5.88 Å². The van der Waals surface area contributed by atoms with Crippen molar-refractivity contribution >= 4 is 22.3 Å². The largest absolute Gasteiger partial charge is 0.494 e. The Morgan fingerprint density at radius 1 is 1.08 bits per heavy atom. The molecule has 0 amide bonds. The van der Waals surface area contributed by atoms with Crippen LogP contribution in [0.4, 0.5) is 5.69 Å². The summed E-state index contributed by atoms with van der Waals surface area (Å²) in [6, 6.07) is 16.1. The minimum absolute atomic E-state index is 0.150. The van der Waals surface area contributed by atoms with E-state index >= 15 is 0 Å². The van der Waals surface area contributed by atoms with Gasteiger partial charge in [0.2, 0.25) is 0 Å². The van der Waals surface area contributed by atoms with Gasteiger partial charge in [-0.25, -0.2) is 0 Å². The predicted molar refractivity (Wildman–Crippen MR) is 108 cm³/mol. The third kappa shape index (κ3) is 3.19. The summed E-state index contributed by atoms with van der Waals surface area (Å²) in [7, 11) is 0. The fourth-order valence-corrected chi connectivity index (χ4v) is 3.87. The number of aromatic nitrogens is 1. The van der Waals surface area contributed by atoms with Gasteiger partial charge in [0, 0.05) is 22.2 Å². The highest BCUT2D eigenvalue weighted by Gasteiger charge is 2.22. The number of fused-ring (bicyclic) bond motifs is 1. The molecule has 1 aliphatic rings. The number of nitrogen functional groups attached to an aromatic ring is 1. The Labute approximate surface area is 153 Å². The van der Waals surface area contributed by atoms with Crippen molar-refractivity contribution < 1.29 is 5.11 Å². The zero-order chi connectivity index (χ0) is 18.1. The quantitative estimate of drug-likeness (QED) is 0.467. The molecule has 4 nitrogen and oxygen atoms in total. The van der Waals surface area contributed by atoms with Crippen molar-refractivity contribution in [3.8, 4) is 5.88 Å². The third-order valence-corrected chi connectivity index (χ3v) is 5.38. The highest BCUT2D eigenvalue weighted by atomic mass is 16.3. The number of hydrogen-bond donors (Lipinski definition) is 3. The van der Waals surface area contributed by atoms with E-state index in [4.69, 9.17) is 10.7 Å². The van der Waals surface area contributed by atoms with Crippen LogP contribution in [0.1, 0.15) is 43.7 Å². The van der Waals surface area contributed by atoms with Crippen LogP contribution < -0.4 is 5.73 Å². The van der Waals surface area contributed by atoms with E-state index in [2.05, 4.69) is 24.0 Å². The first-order valence-electron chi connectivity index (χ1n) is 9.35. The van der Waals surface area contributed by atoms with Crippen molar-refractivity contribution in [3.63, 3.8) is 0 Å². The zero-order valence-electron chi connectivity index (χ0n) is 15.1. The Kier molecular flexibility index (Phi) is 4.41. The monoisotopic (exact) mass is 347 g/mol. The van der Waals surface area contributed by atoms with E-state index in [0.717, 1.165) is 46.5 Å². The minimum Gasteiger partial charge on any atom is -0.494 e. The van der Waals surface area contributed by atoms with Crippen LogP contribution in [0.5, 0.6) is 5.88 Å². The zero-order valence-corrected chi connectivity index (χ0v) is 15.1. The summed E-state index contributed by atoms with van der Waals surface area (Å²) >= 11 is 0. The standard InChI is InChI=1S/C22H25N3O/c1-14-7-10-17(11-8-14)24-21(15-5-3-2-4-6-15)20-18-13-16(23)9-12-19(18)25-22(20)26/h2-6,9,12-14,17,25-26H,7-8,10-11,23H2,1H3. The van der Waals surface area contributed by atoms with Gasteiger partial charge in [-0.2, -0.15) is 0 Å². The van der Waals surface area contributed by atoms with Gasteiger partial charge in [-0.1, -0.05) is 37.3 Å². The molecular formula is C22H25N3O. The molecule has 0 saturated heterocycles. The second-order valence-electron chi connectivity index (χ2n) is 7.41. The van der Waals surface area contributed by atoms with Crippen LogP contribution in [0, 0.1) is 5.92 Å². The molecule has 1 saturated carbocycles. The molecule has 0 spiro atoms. The van der Waals surface area contributed by atoms with E-state index in [1.165, 1.54) is 12.8 Å². The summed E-state index contributed by atoms with van der Waals surface area (Å²) in [5.74, 6) is 0.931. The van der Waals surface area contributed by atoms with Crippen molar-refractivity contribution in [2.75, 3.05) is 5.73 Å². The topological polar surface area (TPSA) is 74.4 Å². The molecule has 2 aromatic carbocycles. The van der Waals surface area contributed by atoms with Gasteiger partial charge in [-0.05, 0) is 49.8 Å². The van der Waals surface area contributed by atoms with Crippen LogP contribution in [0.2, 0.25) is 0 Å². The molecule has 1 aromatic heterocycles. The van der Waals surface area contributed by atoms with Gasteiger partial charge in [0.05, 0.1) is 17.3 Å². The molecule has 3 aromatic rings. The summed E-state index contributed by atoms with van der Waals surface area (Å²) in [6.07, 6.45) is 4.62. The summed E-state index contributed by atoms with van der Waals surface area (Å²) in [4.78, 5) is 8.19. The molecule has 0 bridgehead atoms. The maximum atomic E-state index is 10.7. The molecule has 4 heteroatoms. The lowest BCUT2D eigenvalue weighted by atomic mass is 9.87. The van der Waals surface area contributed by atoms with Gasteiger partial charge in [-0.15, -0.1) is 0 Å². The lowest BCUT2D eigenvalue weighted by Crippen LogP contribution is -2.18. The number of H-pyrrole nitrogens is 1. The van der Waals surface area contributed by atoms with Crippen molar-refractivity contribution in [1.29, 1.82) is 0 Å². The van der Waals surface area contributed by atoms with Gasteiger partial charge < -0.3 is 15.8 Å². The van der Waals surface area contributed by atoms with Crippen LogP contribution in [-0.4, -0.2) is 21.8 Å². The number of aromatic hydroxyl groups is 1. The minimum atomic E-state index is 0.150. The molecule has 0 aliphatic heterocycles. The number of aromatic amines is 1. The van der Waals surface area contributed by atoms with Crippen molar-refractivity contribution in [2.45, 2.75) is 38.6 Å². The molecule has 1 aliphatic carbocycles. The smallest absolute Gasteiger partial charge is 0.199 e. The number of rotatable bonds is 3. The third-order valence-electron chi connectivity index (χ3n) is 5.38. The van der Waals surface area contributed by atoms with Crippen molar-refractivity contribution in [2.24, 2.45) is 10.9 Å². The number of nitrogens with two attached hydrogens (primary N) is 1. The average Bonchev–Trinajstić information content (AvgIpc) is 2.97. The first kappa shape index (κ1) is 16.7. The fourth-order valence-electron chi connectivity index (χ4n) is 3.87. The maximum Gasteiger partial charge on any atom is 0.199 e. The van der Waals surface area contributed by atoms with Gasteiger partial charge in [0.1, 0.15) is 0 Å². The summed E-state index contributed by atoms with van der Waals surface area (Å²) in [5, 5.41) is 11.6. The molecule has 0 atom stereocenters. The van der Waals surface area contributed by atoms with Gasteiger partial charge in [0.25, 0.3) is 0 Å². The lowest BCUT2D eigenvalue weighted by molar-refractivity contribution is 0.349. The highest BCUT2D eigenvalue weighted by molar-refractivity contribution is 6.21. The molecule has 26 heavy (non-hydrogen) atoms. The first-order valence-corrected chi connectivity index (χ1v) is 9.35. The van der Waals surface area contributed by atoms with E-state index in [1.54, 1.807) is 0 Å². The number of nitrogens with one attached hydrogen (secondary N) is 1. The van der Waals surface area contributed by atoms with Crippen molar-refractivity contribution in [3.05, 3.63) is 59.7 Å². The molecular weight excluding hydrogens is 322 g/mol. The van der Waals surface area contributed by atoms with E-state index in [0.29, 0.717) is 11.7 Å². The second-order valence-corrected chi connectivity index (χ2v) is 7.41. The second kappa shape index (κ2) is 6.87. The van der Waals surface area contributed by atoms with E-state index in [1.807, 2.05) is 36.4 Å². The Hall–Kier alpha value is -2.75. The highest BCUT2D eigenvalue weighted by Crippen LogP contribution is 2.33. The summed E-state index contributed by atoms with van der Waals surface area (Å²) < 4.78 is 0. The molecule has 1 fully saturated rings. The number of aliphatic imine (C=N–C) groups is 1. The molecule has 1 heterocycles. The summed E-state index contributed by atoms with van der Waals surface area (Å²) in [6.45, 7) is 2.31. The van der Waals surface area contributed by atoms with Gasteiger partial charge >= 0.3 is 0 Å². The van der Waals surface area contributed by atoms with Crippen LogP contribution in [-0.2, 0) is 0 Å². The summed E-state index contributed by atoms with van der Waals surface area (Å²) in [5.41, 5.74) is 10.2. The van der Waals surface area contributed by atoms with E-state index in [9.17, 15) is 5.11 Å². The Morgan fingerprint density at radius 3 is 2.54 bits per heavy atom. The van der Waals surface area contributed by atoms with Gasteiger partial charge in [-0.3, -0.25) is 4.99 Å². The van der Waals surface area contributed by atoms with Crippen LogP contribution >= 0.6 is 0 Å². The number of anilines is 1. The normalized spacial score (nSPS) is 21.2. The van der Waals surface area contributed by atoms with Crippen LogP contribution in [0.3, 0.4) is 0 Å². The Bertz CT molecular complexity index is 935. The van der Waals surface area contributed by atoms with E-state index < -0.39 is 0 Å². The van der Waals surface area contributed by atoms with E-state index in [-0.39, 0.29) is 5.88 Å². The van der Waals surface area contributed by atoms with Crippen LogP contribution in [0.15, 0.2) is 53.5 Å². The molecule has 4 N–H and O–H groups in total. The molecule has 0 unspecified atom stereocenters. The Balaban J connectivity index is 1.86. The number of nitrogens with zero attached hydrogens (tertiary/aromatic N) is 1. The number of hydrogen-bond acceptors (Lipinski definition) is 3. The predicted octanol–water partition coefficient (Wildman–Crippen LogP) is 4.87. The Morgan fingerprint density at radius 2 is 1.81 bits per heavy atom.